The maximum Gasteiger partial charge on any atom is 0.237 e. The Bertz CT molecular complexity index is 157. The minimum atomic E-state index is -0.495. The lowest BCUT2D eigenvalue weighted by atomic mass is 10.0. The van der Waals surface area contributed by atoms with E-state index < -0.39 is 6.04 Å². The Balaban J connectivity index is 3.68. The summed E-state index contributed by atoms with van der Waals surface area (Å²) < 4.78 is 0. The number of hydrogen-bond donors (Lipinski definition) is 2. The van der Waals surface area contributed by atoms with Crippen LogP contribution in [0.4, 0.5) is 0 Å². The summed E-state index contributed by atoms with van der Waals surface area (Å²) in [6, 6.07) is -0.495. The van der Waals surface area contributed by atoms with Crippen LogP contribution in [0.15, 0.2) is 0 Å². The van der Waals surface area contributed by atoms with Crippen molar-refractivity contribution in [2.45, 2.75) is 26.3 Å². The average molecular weight is 172 g/mol. The Morgan fingerprint density at radius 1 is 1.58 bits per heavy atom. The summed E-state index contributed by atoms with van der Waals surface area (Å²) in [7, 11) is 0. The van der Waals surface area contributed by atoms with E-state index in [9.17, 15) is 9.59 Å². The number of amides is 1. The van der Waals surface area contributed by atoms with Crippen molar-refractivity contribution < 1.29 is 9.59 Å². The van der Waals surface area contributed by atoms with Gasteiger partial charge in [-0.3, -0.25) is 4.79 Å². The Labute approximate surface area is 72.5 Å². The van der Waals surface area contributed by atoms with Gasteiger partial charge in [0.05, 0.1) is 12.6 Å². The summed E-state index contributed by atoms with van der Waals surface area (Å²) in [6.07, 6.45) is 1.28. The maximum atomic E-state index is 11.0. The van der Waals surface area contributed by atoms with Crippen molar-refractivity contribution >= 4 is 12.2 Å². The fraction of sp³-hybridized carbons (Fsp3) is 0.750. The van der Waals surface area contributed by atoms with Crippen molar-refractivity contribution in [2.24, 2.45) is 11.7 Å². The SMILES string of the molecule is CC(C)C[C@H](N)C(=O)NCC=O. The molecule has 0 saturated carbocycles. The average Bonchev–Trinajstić information content (AvgIpc) is 1.98. The Kier molecular flexibility index (Phi) is 5.28. The third kappa shape index (κ3) is 4.85. The van der Waals surface area contributed by atoms with E-state index in [1.807, 2.05) is 13.8 Å². The Hall–Kier alpha value is -0.900. The van der Waals surface area contributed by atoms with Crippen LogP contribution in [0.1, 0.15) is 20.3 Å². The molecule has 4 nitrogen and oxygen atoms in total. The first-order valence-corrected chi connectivity index (χ1v) is 4.04. The Morgan fingerprint density at radius 2 is 2.17 bits per heavy atom. The molecule has 3 N–H and O–H groups in total. The largest absolute Gasteiger partial charge is 0.348 e. The quantitative estimate of drug-likeness (QED) is 0.558. The summed E-state index contributed by atoms with van der Waals surface area (Å²) in [5, 5.41) is 2.41. The lowest BCUT2D eigenvalue weighted by Gasteiger charge is -2.12. The highest BCUT2D eigenvalue weighted by Crippen LogP contribution is 2.01. The zero-order valence-electron chi connectivity index (χ0n) is 7.54. The van der Waals surface area contributed by atoms with Gasteiger partial charge in [-0.15, -0.1) is 0 Å². The van der Waals surface area contributed by atoms with Crippen LogP contribution in [-0.4, -0.2) is 24.8 Å². The van der Waals surface area contributed by atoms with Gasteiger partial charge in [-0.05, 0) is 12.3 Å². The van der Waals surface area contributed by atoms with E-state index in [-0.39, 0.29) is 12.5 Å². The van der Waals surface area contributed by atoms with Gasteiger partial charge in [-0.25, -0.2) is 0 Å². The third-order valence-electron chi connectivity index (χ3n) is 1.42. The molecule has 0 aliphatic heterocycles. The molecule has 0 radical (unpaired) electrons. The van der Waals surface area contributed by atoms with Crippen LogP contribution >= 0.6 is 0 Å². The molecule has 0 rings (SSSR count). The first-order chi connectivity index (χ1) is 5.57. The van der Waals surface area contributed by atoms with Crippen LogP contribution in [0.25, 0.3) is 0 Å². The molecule has 0 bridgehead atoms. The highest BCUT2D eigenvalue weighted by atomic mass is 16.2. The van der Waals surface area contributed by atoms with Gasteiger partial charge in [0.15, 0.2) is 0 Å². The van der Waals surface area contributed by atoms with Crippen LogP contribution < -0.4 is 11.1 Å². The van der Waals surface area contributed by atoms with E-state index in [1.165, 1.54) is 0 Å². The number of nitrogens with two attached hydrogens (primary N) is 1. The number of carbonyl (C=O) groups is 2. The lowest BCUT2D eigenvalue weighted by Crippen LogP contribution is -2.41. The molecule has 0 saturated heterocycles. The van der Waals surface area contributed by atoms with Gasteiger partial charge >= 0.3 is 0 Å². The van der Waals surface area contributed by atoms with E-state index in [0.717, 1.165) is 0 Å². The van der Waals surface area contributed by atoms with E-state index >= 15 is 0 Å². The predicted molar refractivity (Wildman–Crippen MR) is 46.5 cm³/mol. The van der Waals surface area contributed by atoms with E-state index in [2.05, 4.69) is 5.32 Å². The zero-order chi connectivity index (χ0) is 9.56. The fourth-order valence-corrected chi connectivity index (χ4v) is 0.888. The zero-order valence-corrected chi connectivity index (χ0v) is 7.54. The van der Waals surface area contributed by atoms with Crippen LogP contribution in [-0.2, 0) is 9.59 Å². The van der Waals surface area contributed by atoms with E-state index in [4.69, 9.17) is 5.73 Å². The standard InChI is InChI=1S/C8H16N2O2/c1-6(2)5-7(9)8(12)10-3-4-11/h4,6-7H,3,5,9H2,1-2H3,(H,10,12)/t7-/m0/s1. The summed E-state index contributed by atoms with van der Waals surface area (Å²) in [5.41, 5.74) is 5.53. The van der Waals surface area contributed by atoms with Gasteiger partial charge in [0.2, 0.25) is 5.91 Å². The molecule has 12 heavy (non-hydrogen) atoms. The normalized spacial score (nSPS) is 12.7. The number of carbonyl (C=O) groups excluding carboxylic acids is 2. The summed E-state index contributed by atoms with van der Waals surface area (Å²) in [6.45, 7) is 4.03. The molecular weight excluding hydrogens is 156 g/mol. The molecule has 0 aromatic carbocycles. The molecular formula is C8H16N2O2. The van der Waals surface area contributed by atoms with Gasteiger partial charge < -0.3 is 15.8 Å². The van der Waals surface area contributed by atoms with Crippen molar-refractivity contribution in [1.29, 1.82) is 0 Å². The summed E-state index contributed by atoms with van der Waals surface area (Å²) in [4.78, 5) is 20.9. The highest BCUT2D eigenvalue weighted by Gasteiger charge is 2.13. The van der Waals surface area contributed by atoms with Gasteiger partial charge in [0, 0.05) is 0 Å². The molecule has 0 aromatic rings. The van der Waals surface area contributed by atoms with Crippen molar-refractivity contribution in [3.05, 3.63) is 0 Å². The smallest absolute Gasteiger partial charge is 0.237 e. The van der Waals surface area contributed by atoms with Gasteiger partial charge in [-0.2, -0.15) is 0 Å². The van der Waals surface area contributed by atoms with Crippen molar-refractivity contribution in [3.8, 4) is 0 Å². The molecule has 0 heterocycles. The van der Waals surface area contributed by atoms with E-state index in [1.54, 1.807) is 0 Å². The van der Waals surface area contributed by atoms with Gasteiger partial charge in [0.1, 0.15) is 6.29 Å². The predicted octanol–water partition coefficient (Wildman–Crippen LogP) is -0.325. The first kappa shape index (κ1) is 11.1. The first-order valence-electron chi connectivity index (χ1n) is 4.04. The Morgan fingerprint density at radius 3 is 2.58 bits per heavy atom. The van der Waals surface area contributed by atoms with E-state index in [0.29, 0.717) is 18.6 Å². The minimum absolute atomic E-state index is 0.0463. The molecule has 0 aliphatic rings. The minimum Gasteiger partial charge on any atom is -0.348 e. The van der Waals surface area contributed by atoms with Crippen LogP contribution in [0.5, 0.6) is 0 Å². The second kappa shape index (κ2) is 5.71. The van der Waals surface area contributed by atoms with Crippen molar-refractivity contribution in [3.63, 3.8) is 0 Å². The van der Waals surface area contributed by atoms with Gasteiger partial charge in [0.25, 0.3) is 0 Å². The lowest BCUT2D eigenvalue weighted by molar-refractivity contribution is -0.123. The molecule has 0 aromatic heterocycles. The van der Waals surface area contributed by atoms with Crippen LogP contribution in [0.2, 0.25) is 0 Å². The number of aldehydes is 1. The van der Waals surface area contributed by atoms with Crippen molar-refractivity contribution in [1.82, 2.24) is 5.32 Å². The third-order valence-corrected chi connectivity index (χ3v) is 1.42. The molecule has 1 amide bonds. The van der Waals surface area contributed by atoms with Gasteiger partial charge in [-0.1, -0.05) is 13.8 Å². The summed E-state index contributed by atoms with van der Waals surface area (Å²) in [5.74, 6) is 0.137. The second-order valence-electron chi connectivity index (χ2n) is 3.15. The highest BCUT2D eigenvalue weighted by molar-refractivity contribution is 5.83. The second-order valence-corrected chi connectivity index (χ2v) is 3.15. The topological polar surface area (TPSA) is 72.2 Å². The molecule has 0 fully saturated rings. The number of nitrogens with one attached hydrogen (secondary N) is 1. The molecule has 4 heteroatoms. The molecule has 0 unspecified atom stereocenters. The number of rotatable bonds is 5. The molecule has 0 spiro atoms. The number of hydrogen-bond acceptors (Lipinski definition) is 3. The molecule has 70 valence electrons. The molecule has 1 atom stereocenters. The van der Waals surface area contributed by atoms with Crippen LogP contribution in [0, 0.1) is 5.92 Å². The summed E-state index contributed by atoms with van der Waals surface area (Å²) >= 11 is 0. The van der Waals surface area contributed by atoms with Crippen LogP contribution in [0.3, 0.4) is 0 Å². The van der Waals surface area contributed by atoms with Crippen molar-refractivity contribution in [2.75, 3.05) is 6.54 Å². The monoisotopic (exact) mass is 172 g/mol. The maximum absolute atomic E-state index is 11.0. The molecule has 0 aliphatic carbocycles. The fourth-order valence-electron chi connectivity index (χ4n) is 0.888.